The number of aryl methyl sites for hydroxylation is 1. The summed E-state index contributed by atoms with van der Waals surface area (Å²) in [7, 11) is 0. The van der Waals surface area contributed by atoms with Crippen LogP contribution in [-0.2, 0) is 13.0 Å². The molecule has 0 bridgehead atoms. The molecule has 1 aromatic carbocycles. The normalized spacial score (nSPS) is 17.9. The molecule has 0 radical (unpaired) electrons. The van der Waals surface area contributed by atoms with E-state index in [1.165, 1.54) is 26.7 Å². The molecule has 0 saturated heterocycles. The standard InChI is InChI=1S/C13H12BrN/c1-8-11-5-3-9-2-4-10(14)6-12(9)13(11)7-15-8/h3,5-6,15H,1-2,4,7H2. The molecule has 0 amide bonds. The molecule has 1 aromatic rings. The Labute approximate surface area is 98.0 Å². The molecule has 1 aliphatic heterocycles. The zero-order chi connectivity index (χ0) is 10.4. The number of nitrogens with one attached hydrogen (secondary N) is 1. The van der Waals surface area contributed by atoms with Gasteiger partial charge >= 0.3 is 0 Å². The number of fused-ring (bicyclic) bond motifs is 3. The summed E-state index contributed by atoms with van der Waals surface area (Å²) < 4.78 is 1.31. The average Bonchev–Trinajstić information content (AvgIpc) is 2.61. The van der Waals surface area contributed by atoms with E-state index in [-0.39, 0.29) is 0 Å². The molecule has 0 saturated carbocycles. The van der Waals surface area contributed by atoms with Gasteiger partial charge in [0.15, 0.2) is 0 Å². The number of benzene rings is 1. The lowest BCUT2D eigenvalue weighted by atomic mass is 9.91. The van der Waals surface area contributed by atoms with Crippen molar-refractivity contribution in [3.8, 4) is 0 Å². The van der Waals surface area contributed by atoms with Gasteiger partial charge in [0.05, 0.1) is 0 Å². The van der Waals surface area contributed by atoms with E-state index in [1.807, 2.05) is 0 Å². The van der Waals surface area contributed by atoms with Crippen molar-refractivity contribution in [1.82, 2.24) is 5.32 Å². The van der Waals surface area contributed by atoms with Gasteiger partial charge in [-0.3, -0.25) is 0 Å². The minimum Gasteiger partial charge on any atom is -0.381 e. The van der Waals surface area contributed by atoms with E-state index < -0.39 is 0 Å². The first-order valence-electron chi connectivity index (χ1n) is 5.19. The van der Waals surface area contributed by atoms with Crippen LogP contribution in [0.5, 0.6) is 0 Å². The molecule has 76 valence electrons. The zero-order valence-corrected chi connectivity index (χ0v) is 10.0. The van der Waals surface area contributed by atoms with Crippen LogP contribution in [0.1, 0.15) is 28.7 Å². The maximum Gasteiger partial charge on any atom is 0.0413 e. The summed E-state index contributed by atoms with van der Waals surface area (Å²) >= 11 is 3.60. The van der Waals surface area contributed by atoms with E-state index in [9.17, 15) is 0 Å². The molecular formula is C13H12BrN. The minimum absolute atomic E-state index is 0.925. The number of rotatable bonds is 0. The quantitative estimate of drug-likeness (QED) is 0.755. The summed E-state index contributed by atoms with van der Waals surface area (Å²) in [5.74, 6) is 0. The smallest absolute Gasteiger partial charge is 0.0413 e. The van der Waals surface area contributed by atoms with Crippen LogP contribution in [0.4, 0.5) is 0 Å². The first-order valence-corrected chi connectivity index (χ1v) is 5.99. The van der Waals surface area contributed by atoms with Crippen molar-refractivity contribution in [3.63, 3.8) is 0 Å². The Hall–Kier alpha value is -1.02. The van der Waals surface area contributed by atoms with Gasteiger partial charge in [-0.1, -0.05) is 34.6 Å². The fourth-order valence-corrected chi connectivity index (χ4v) is 2.78. The molecule has 1 aliphatic carbocycles. The van der Waals surface area contributed by atoms with E-state index in [4.69, 9.17) is 0 Å². The van der Waals surface area contributed by atoms with Crippen molar-refractivity contribution in [3.05, 3.63) is 45.4 Å². The van der Waals surface area contributed by atoms with Gasteiger partial charge in [0, 0.05) is 17.8 Å². The molecule has 2 heteroatoms. The average molecular weight is 262 g/mol. The Morgan fingerprint density at radius 1 is 1.27 bits per heavy atom. The second-order valence-corrected chi connectivity index (χ2v) is 5.11. The third-order valence-corrected chi connectivity index (χ3v) is 3.81. The Bertz CT molecular complexity index is 486. The Balaban J connectivity index is 2.25. The van der Waals surface area contributed by atoms with Gasteiger partial charge < -0.3 is 5.32 Å². The number of hydrogen-bond donors (Lipinski definition) is 1. The summed E-state index contributed by atoms with van der Waals surface area (Å²) in [6.45, 7) is 4.94. The number of allylic oxidation sites excluding steroid dienone is 1. The third kappa shape index (κ3) is 1.36. The molecule has 2 aliphatic rings. The fourth-order valence-electron chi connectivity index (χ4n) is 2.36. The van der Waals surface area contributed by atoms with Gasteiger partial charge in [-0.25, -0.2) is 0 Å². The first-order chi connectivity index (χ1) is 7.25. The largest absolute Gasteiger partial charge is 0.381 e. The number of hydrogen-bond acceptors (Lipinski definition) is 1. The summed E-state index contributed by atoms with van der Waals surface area (Å²) in [6, 6.07) is 4.44. The predicted molar refractivity (Wildman–Crippen MR) is 67.5 cm³/mol. The number of halogens is 1. The van der Waals surface area contributed by atoms with Gasteiger partial charge in [-0.05, 0) is 40.1 Å². The zero-order valence-electron chi connectivity index (χ0n) is 8.44. The van der Waals surface area contributed by atoms with Crippen LogP contribution in [0.15, 0.2) is 23.2 Å². The van der Waals surface area contributed by atoms with Gasteiger partial charge in [0.2, 0.25) is 0 Å². The maximum absolute atomic E-state index is 4.02. The molecule has 0 fully saturated rings. The van der Waals surface area contributed by atoms with E-state index >= 15 is 0 Å². The molecule has 1 N–H and O–H groups in total. The Kier molecular flexibility index (Phi) is 1.99. The van der Waals surface area contributed by atoms with Crippen LogP contribution in [0.2, 0.25) is 0 Å². The molecule has 0 unspecified atom stereocenters. The van der Waals surface area contributed by atoms with Crippen LogP contribution in [0.3, 0.4) is 0 Å². The van der Waals surface area contributed by atoms with Crippen LogP contribution in [0.25, 0.3) is 11.8 Å². The monoisotopic (exact) mass is 261 g/mol. The van der Waals surface area contributed by atoms with Gasteiger partial charge in [0.25, 0.3) is 0 Å². The predicted octanol–water partition coefficient (Wildman–Crippen LogP) is 3.44. The van der Waals surface area contributed by atoms with Gasteiger partial charge in [0.1, 0.15) is 0 Å². The van der Waals surface area contributed by atoms with Gasteiger partial charge in [-0.2, -0.15) is 0 Å². The highest BCUT2D eigenvalue weighted by Gasteiger charge is 2.20. The fraction of sp³-hybridized carbons (Fsp3) is 0.231. The summed E-state index contributed by atoms with van der Waals surface area (Å²) in [4.78, 5) is 0. The lowest BCUT2D eigenvalue weighted by molar-refractivity contribution is 0.924. The molecule has 3 rings (SSSR count). The molecule has 0 spiro atoms. The Morgan fingerprint density at radius 3 is 3.00 bits per heavy atom. The molecule has 1 nitrogen and oxygen atoms in total. The van der Waals surface area contributed by atoms with Crippen LogP contribution >= 0.6 is 15.9 Å². The third-order valence-electron chi connectivity index (χ3n) is 3.19. The van der Waals surface area contributed by atoms with E-state index in [0.29, 0.717) is 0 Å². The molecule has 0 atom stereocenters. The van der Waals surface area contributed by atoms with Gasteiger partial charge in [-0.15, -0.1) is 0 Å². The second kappa shape index (κ2) is 3.24. The van der Waals surface area contributed by atoms with Crippen molar-refractivity contribution in [2.75, 3.05) is 0 Å². The lowest BCUT2D eigenvalue weighted by Crippen LogP contribution is -2.02. The maximum atomic E-state index is 4.02. The minimum atomic E-state index is 0.925. The van der Waals surface area contributed by atoms with Crippen molar-refractivity contribution < 1.29 is 0 Å². The Morgan fingerprint density at radius 2 is 2.13 bits per heavy atom. The van der Waals surface area contributed by atoms with Crippen molar-refractivity contribution in [2.24, 2.45) is 0 Å². The van der Waals surface area contributed by atoms with Crippen LogP contribution < -0.4 is 5.32 Å². The van der Waals surface area contributed by atoms with Crippen molar-refractivity contribution in [1.29, 1.82) is 0 Å². The summed E-state index contributed by atoms with van der Waals surface area (Å²) in [6.07, 6.45) is 4.53. The topological polar surface area (TPSA) is 12.0 Å². The van der Waals surface area contributed by atoms with Crippen LogP contribution in [0, 0.1) is 0 Å². The van der Waals surface area contributed by atoms with Crippen LogP contribution in [-0.4, -0.2) is 0 Å². The molecular weight excluding hydrogens is 250 g/mol. The molecule has 15 heavy (non-hydrogen) atoms. The van der Waals surface area contributed by atoms with Crippen molar-refractivity contribution in [2.45, 2.75) is 19.4 Å². The van der Waals surface area contributed by atoms with E-state index in [2.05, 4.69) is 46.0 Å². The molecule has 0 aromatic heterocycles. The summed E-state index contributed by atoms with van der Waals surface area (Å²) in [5, 5.41) is 3.31. The SMILES string of the molecule is C=C1NCc2c1ccc1c2C=C(Br)CC1. The lowest BCUT2D eigenvalue weighted by Gasteiger charge is -2.16. The van der Waals surface area contributed by atoms with E-state index in [0.717, 1.165) is 25.1 Å². The van der Waals surface area contributed by atoms with E-state index in [1.54, 1.807) is 0 Å². The highest BCUT2D eigenvalue weighted by Crippen LogP contribution is 2.35. The molecule has 1 heterocycles. The first kappa shape index (κ1) is 9.22. The second-order valence-electron chi connectivity index (χ2n) is 4.09. The highest BCUT2D eigenvalue weighted by atomic mass is 79.9. The van der Waals surface area contributed by atoms with Crippen molar-refractivity contribution >= 4 is 27.7 Å². The summed E-state index contributed by atoms with van der Waals surface area (Å²) in [5.41, 5.74) is 6.62. The highest BCUT2D eigenvalue weighted by molar-refractivity contribution is 9.11.